The third-order valence-corrected chi connectivity index (χ3v) is 7.68. The van der Waals surface area contributed by atoms with E-state index >= 15 is 0 Å². The van der Waals surface area contributed by atoms with Gasteiger partial charge in [-0.1, -0.05) is 43.4 Å². The van der Waals surface area contributed by atoms with Gasteiger partial charge in [0.15, 0.2) is 6.23 Å². The molecule has 5 rings (SSSR count). The van der Waals surface area contributed by atoms with Crippen LogP contribution in [0.2, 0.25) is 0 Å². The molecule has 1 aliphatic carbocycles. The van der Waals surface area contributed by atoms with Crippen molar-refractivity contribution in [3.8, 4) is 0 Å². The zero-order valence-corrected chi connectivity index (χ0v) is 18.8. The molecular weight excluding hydrogens is 396 g/mol. The fourth-order valence-electron chi connectivity index (χ4n) is 5.11. The van der Waals surface area contributed by atoms with Crippen molar-refractivity contribution in [1.29, 1.82) is 0 Å². The van der Waals surface area contributed by atoms with Crippen LogP contribution in [0.5, 0.6) is 0 Å². The summed E-state index contributed by atoms with van der Waals surface area (Å²) < 4.78 is 7.84. The van der Waals surface area contributed by atoms with Gasteiger partial charge in [-0.3, -0.25) is 0 Å². The number of hydrogen-bond acceptors (Lipinski definition) is 7. The Balaban J connectivity index is 1.47. The zero-order chi connectivity index (χ0) is 21.0. The van der Waals surface area contributed by atoms with Crippen LogP contribution in [-0.2, 0) is 4.74 Å². The van der Waals surface area contributed by atoms with Gasteiger partial charge in [0.1, 0.15) is 0 Å². The molecule has 2 aliphatic heterocycles. The van der Waals surface area contributed by atoms with Crippen molar-refractivity contribution in [2.24, 2.45) is 23.5 Å². The van der Waals surface area contributed by atoms with E-state index < -0.39 is 0 Å². The minimum atomic E-state index is -0.156. The summed E-state index contributed by atoms with van der Waals surface area (Å²) in [6, 6.07) is 0.153. The second kappa shape index (κ2) is 7.51. The van der Waals surface area contributed by atoms with E-state index in [1.807, 2.05) is 10.7 Å². The summed E-state index contributed by atoms with van der Waals surface area (Å²) in [5.41, 5.74) is 9.66. The minimum Gasteiger partial charge on any atom is -0.357 e. The lowest BCUT2D eigenvalue weighted by Gasteiger charge is -2.36. The monoisotopic (exact) mass is 426 g/mol. The molecule has 0 aromatic carbocycles. The highest BCUT2D eigenvalue weighted by Crippen LogP contribution is 2.38. The first-order valence-electron chi connectivity index (χ1n) is 10.7. The van der Waals surface area contributed by atoms with E-state index in [1.165, 1.54) is 5.70 Å². The Morgan fingerprint density at radius 3 is 2.83 bits per heavy atom. The summed E-state index contributed by atoms with van der Waals surface area (Å²) in [7, 11) is 3.84. The molecule has 4 atom stereocenters. The Morgan fingerprint density at radius 1 is 1.27 bits per heavy atom. The van der Waals surface area contributed by atoms with Crippen molar-refractivity contribution in [2.45, 2.75) is 32.5 Å². The Hall–Kier alpha value is -2.16. The number of hydrogen-bond donors (Lipinski definition) is 1. The molecule has 1 fully saturated rings. The number of anilines is 1. The van der Waals surface area contributed by atoms with Crippen molar-refractivity contribution < 1.29 is 4.74 Å². The molecule has 0 bridgehead atoms. The maximum absolute atomic E-state index is 6.33. The van der Waals surface area contributed by atoms with Gasteiger partial charge in [-0.15, -0.1) is 5.10 Å². The van der Waals surface area contributed by atoms with Crippen LogP contribution >= 0.6 is 11.3 Å². The third-order valence-electron chi connectivity index (χ3n) is 6.70. The average Bonchev–Trinajstić information content (AvgIpc) is 3.41. The highest BCUT2D eigenvalue weighted by atomic mass is 32.1. The van der Waals surface area contributed by atoms with Crippen molar-refractivity contribution >= 4 is 27.0 Å². The van der Waals surface area contributed by atoms with E-state index in [-0.39, 0.29) is 12.3 Å². The summed E-state index contributed by atoms with van der Waals surface area (Å²) in [6.45, 7) is 6.38. The molecule has 0 radical (unpaired) electrons. The molecule has 8 heteroatoms. The van der Waals surface area contributed by atoms with Crippen LogP contribution in [0.25, 0.3) is 10.5 Å². The number of rotatable bonds is 4. The Labute approximate surface area is 181 Å². The minimum absolute atomic E-state index is 0.153. The van der Waals surface area contributed by atoms with Gasteiger partial charge in [-0.2, -0.15) is 0 Å². The van der Waals surface area contributed by atoms with Crippen LogP contribution in [0.3, 0.4) is 0 Å². The van der Waals surface area contributed by atoms with E-state index in [1.54, 1.807) is 18.4 Å². The molecule has 1 unspecified atom stereocenters. The van der Waals surface area contributed by atoms with Gasteiger partial charge < -0.3 is 20.3 Å². The molecule has 1 saturated heterocycles. The van der Waals surface area contributed by atoms with Gasteiger partial charge in [-0.05, 0) is 30.3 Å². The maximum Gasteiger partial charge on any atom is 0.214 e. The predicted molar refractivity (Wildman–Crippen MR) is 121 cm³/mol. The Kier molecular flexibility index (Phi) is 4.95. The first-order chi connectivity index (χ1) is 14.5. The third kappa shape index (κ3) is 3.09. The maximum atomic E-state index is 6.33. The number of methoxy groups -OCH3 is 1. The van der Waals surface area contributed by atoms with Crippen LogP contribution in [0.4, 0.5) is 5.13 Å². The first-order valence-corrected chi connectivity index (χ1v) is 11.5. The molecule has 0 saturated carbocycles. The van der Waals surface area contributed by atoms with Crippen molar-refractivity contribution in [1.82, 2.24) is 19.5 Å². The van der Waals surface area contributed by atoms with Gasteiger partial charge in [0.2, 0.25) is 10.1 Å². The van der Waals surface area contributed by atoms with E-state index in [0.717, 1.165) is 40.9 Å². The molecule has 0 amide bonds. The predicted octanol–water partition coefficient (Wildman–Crippen LogP) is 2.97. The van der Waals surface area contributed by atoms with Crippen LogP contribution in [0.15, 0.2) is 36.2 Å². The standard InChI is InChI=1S/C22H30N6OS/c1-13(2)18-9-8-15(20(29-4)26(18)3)19-10-24-21-28(19)25-22(30-21)27-11-14-6-5-7-17(23)16(14)12-27/h5,7-10,13-14,16-17,20H,6,11-12,23H2,1-4H3/t14-,16+,17-,20?/m1/s1. The lowest BCUT2D eigenvalue weighted by atomic mass is 9.83. The number of nitrogens with two attached hydrogens (primary N) is 1. The van der Waals surface area contributed by atoms with Crippen LogP contribution in [0, 0.1) is 17.8 Å². The molecule has 2 aromatic rings. The number of ether oxygens (including phenoxy) is 1. The molecule has 30 heavy (non-hydrogen) atoms. The number of nitrogens with zero attached hydrogens (tertiary/aromatic N) is 5. The quantitative estimate of drug-likeness (QED) is 0.758. The molecule has 4 heterocycles. The van der Waals surface area contributed by atoms with Gasteiger partial charge in [0.05, 0.1) is 11.9 Å². The molecular formula is C22H30N6OS. The summed E-state index contributed by atoms with van der Waals surface area (Å²) in [5.74, 6) is 1.56. The lowest BCUT2D eigenvalue weighted by molar-refractivity contribution is 0.0393. The molecule has 2 N–H and O–H groups in total. The van der Waals surface area contributed by atoms with Gasteiger partial charge in [0, 0.05) is 44.6 Å². The van der Waals surface area contributed by atoms with Gasteiger partial charge in [0.25, 0.3) is 0 Å². The molecule has 7 nitrogen and oxygen atoms in total. The highest BCUT2D eigenvalue weighted by molar-refractivity contribution is 7.20. The van der Waals surface area contributed by atoms with Crippen molar-refractivity contribution in [2.75, 3.05) is 32.1 Å². The number of allylic oxidation sites excluding steroid dienone is 4. The Bertz CT molecular complexity index is 1030. The van der Waals surface area contributed by atoms with Crippen molar-refractivity contribution in [3.05, 3.63) is 41.9 Å². The van der Waals surface area contributed by atoms with Crippen LogP contribution < -0.4 is 10.6 Å². The smallest absolute Gasteiger partial charge is 0.214 e. The summed E-state index contributed by atoms with van der Waals surface area (Å²) >= 11 is 1.65. The SMILES string of the molecule is COC1C(c2cnc3sc(N4C[C@H]5CC=C[C@@H](N)[C@H]5C4)nn23)=CC=C(C(C)C)N1C. The highest BCUT2D eigenvalue weighted by Gasteiger charge is 2.38. The van der Waals surface area contributed by atoms with Gasteiger partial charge in [-0.25, -0.2) is 9.50 Å². The number of fused-ring (bicyclic) bond motifs is 2. The van der Waals surface area contributed by atoms with E-state index in [9.17, 15) is 0 Å². The number of aromatic nitrogens is 3. The topological polar surface area (TPSA) is 71.9 Å². The van der Waals surface area contributed by atoms with E-state index in [4.69, 9.17) is 15.6 Å². The van der Waals surface area contributed by atoms with Crippen LogP contribution in [-0.4, -0.2) is 59.0 Å². The largest absolute Gasteiger partial charge is 0.357 e. The molecule has 0 spiro atoms. The molecule has 160 valence electrons. The van der Waals surface area contributed by atoms with Gasteiger partial charge >= 0.3 is 0 Å². The Morgan fingerprint density at radius 2 is 2.10 bits per heavy atom. The molecule has 2 aromatic heterocycles. The van der Waals surface area contributed by atoms with Crippen molar-refractivity contribution in [3.63, 3.8) is 0 Å². The lowest BCUT2D eigenvalue weighted by Crippen LogP contribution is -2.37. The summed E-state index contributed by atoms with van der Waals surface area (Å²) in [6.07, 6.45) is 11.6. The summed E-state index contributed by atoms with van der Waals surface area (Å²) in [4.78, 5) is 10.2. The second-order valence-electron chi connectivity index (χ2n) is 8.86. The number of likely N-dealkylation sites (N-methyl/N-ethyl adjacent to an activating group) is 1. The number of imidazole rings is 1. The summed E-state index contributed by atoms with van der Waals surface area (Å²) in [5, 5.41) is 5.99. The average molecular weight is 427 g/mol. The normalized spacial score (nSPS) is 29.0. The fourth-order valence-corrected chi connectivity index (χ4v) is 6.01. The fraction of sp³-hybridized carbons (Fsp3) is 0.545. The van der Waals surface area contributed by atoms with E-state index in [0.29, 0.717) is 17.8 Å². The first kappa shape index (κ1) is 19.8. The zero-order valence-electron chi connectivity index (χ0n) is 18.0. The second-order valence-corrected chi connectivity index (χ2v) is 9.79. The molecule has 3 aliphatic rings. The van der Waals surface area contributed by atoms with E-state index in [2.05, 4.69) is 60.0 Å². The van der Waals surface area contributed by atoms with Crippen LogP contribution in [0.1, 0.15) is 26.0 Å².